The second-order valence-corrected chi connectivity index (χ2v) is 11.0. The number of methoxy groups -OCH3 is 1. The lowest BCUT2D eigenvalue weighted by Crippen LogP contribution is -2.33. The highest BCUT2D eigenvalue weighted by Crippen LogP contribution is 2.32. The lowest BCUT2D eigenvalue weighted by Gasteiger charge is -2.25. The predicted octanol–water partition coefficient (Wildman–Crippen LogP) is 5.51. The van der Waals surface area contributed by atoms with Crippen molar-refractivity contribution in [2.45, 2.75) is 59.4 Å². The van der Waals surface area contributed by atoms with E-state index in [1.807, 2.05) is 19.9 Å². The number of aryl methyl sites for hydroxylation is 1. The van der Waals surface area contributed by atoms with Gasteiger partial charge >= 0.3 is 0 Å². The van der Waals surface area contributed by atoms with Crippen molar-refractivity contribution in [1.29, 1.82) is 0 Å². The lowest BCUT2D eigenvalue weighted by atomic mass is 9.93. The summed E-state index contributed by atoms with van der Waals surface area (Å²) in [5, 5.41) is 3.55. The minimum absolute atomic E-state index is 0.125. The summed E-state index contributed by atoms with van der Waals surface area (Å²) in [5.41, 5.74) is 4.41. The molecule has 2 rings (SSSR count). The Morgan fingerprint density at radius 3 is 2.39 bits per heavy atom. The molecule has 1 atom stereocenters. The molecule has 6 nitrogen and oxygen atoms in total. The molecule has 0 heterocycles. The van der Waals surface area contributed by atoms with Gasteiger partial charge in [0.25, 0.3) is 0 Å². The maximum atomic E-state index is 12.6. The predicted molar refractivity (Wildman–Crippen MR) is 136 cm³/mol. The molecule has 0 saturated heterocycles. The van der Waals surface area contributed by atoms with Crippen LogP contribution in [0.1, 0.15) is 67.8 Å². The van der Waals surface area contributed by atoms with Crippen LogP contribution in [0.5, 0.6) is 5.75 Å². The van der Waals surface area contributed by atoms with Gasteiger partial charge in [0.1, 0.15) is 5.75 Å². The van der Waals surface area contributed by atoms with Crippen molar-refractivity contribution in [3.05, 3.63) is 57.6 Å². The third kappa shape index (κ3) is 6.87. The van der Waals surface area contributed by atoms with E-state index in [2.05, 4.69) is 25.2 Å². The monoisotopic (exact) mass is 494 g/mol. The van der Waals surface area contributed by atoms with Crippen molar-refractivity contribution in [2.24, 2.45) is 0 Å². The van der Waals surface area contributed by atoms with E-state index in [1.54, 1.807) is 32.2 Å². The molecule has 0 spiro atoms. The number of carbonyl (C=O) groups excluding carboxylic acids is 1. The zero-order valence-corrected chi connectivity index (χ0v) is 22.1. The Morgan fingerprint density at radius 2 is 1.82 bits per heavy atom. The molecule has 0 unspecified atom stereocenters. The number of ether oxygens (including phenoxy) is 1. The van der Waals surface area contributed by atoms with Crippen molar-refractivity contribution in [3.63, 3.8) is 0 Å². The molecule has 0 aromatic heterocycles. The van der Waals surface area contributed by atoms with E-state index in [9.17, 15) is 13.2 Å². The van der Waals surface area contributed by atoms with Gasteiger partial charge in [0.15, 0.2) is 0 Å². The van der Waals surface area contributed by atoms with Gasteiger partial charge in [-0.25, -0.2) is 8.42 Å². The fourth-order valence-electron chi connectivity index (χ4n) is 3.92. The molecule has 182 valence electrons. The van der Waals surface area contributed by atoms with Gasteiger partial charge in [0, 0.05) is 18.0 Å². The van der Waals surface area contributed by atoms with E-state index in [0.717, 1.165) is 28.7 Å². The molecule has 1 N–H and O–H groups in total. The molecule has 2 aromatic rings. The minimum atomic E-state index is -3.52. The number of sulfonamides is 1. The van der Waals surface area contributed by atoms with E-state index in [-0.39, 0.29) is 24.9 Å². The number of hydrogen-bond donors (Lipinski definition) is 1. The van der Waals surface area contributed by atoms with Gasteiger partial charge in [0.05, 0.1) is 25.1 Å². The largest absolute Gasteiger partial charge is 0.496 e. The van der Waals surface area contributed by atoms with Crippen molar-refractivity contribution in [1.82, 2.24) is 5.32 Å². The summed E-state index contributed by atoms with van der Waals surface area (Å²) < 4.78 is 31.6. The average molecular weight is 495 g/mol. The van der Waals surface area contributed by atoms with E-state index >= 15 is 0 Å². The first kappa shape index (κ1) is 27.0. The second kappa shape index (κ2) is 11.3. The Balaban J connectivity index is 2.07. The van der Waals surface area contributed by atoms with Crippen LogP contribution in [0.25, 0.3) is 0 Å². The van der Waals surface area contributed by atoms with Crippen molar-refractivity contribution in [2.75, 3.05) is 24.2 Å². The summed E-state index contributed by atoms with van der Waals surface area (Å²) >= 11 is 6.18. The second-order valence-electron chi connectivity index (χ2n) is 8.72. The van der Waals surface area contributed by atoms with Crippen LogP contribution in [0.15, 0.2) is 30.3 Å². The molecule has 8 heteroatoms. The van der Waals surface area contributed by atoms with Crippen LogP contribution in [0.4, 0.5) is 5.69 Å². The standard InChI is InChI=1S/C25H35ClN2O4S/c1-16(2)20-15-21(17(3)14-24(20)32-6)19(5)27-25(29)12-9-13-28(33(7,30)31)23-11-8-10-22(26)18(23)4/h8,10-11,14-16,19H,9,12-13H2,1-7H3,(H,27,29)/t19-/m1/s1. The number of amides is 1. The van der Waals surface area contributed by atoms with E-state index < -0.39 is 10.0 Å². The van der Waals surface area contributed by atoms with Gasteiger partial charge in [-0.3, -0.25) is 9.10 Å². The Kier molecular flexibility index (Phi) is 9.20. The van der Waals surface area contributed by atoms with Crippen LogP contribution in [-0.2, 0) is 14.8 Å². The highest BCUT2D eigenvalue weighted by Gasteiger charge is 2.21. The molecule has 0 aliphatic heterocycles. The van der Waals surface area contributed by atoms with Crippen LogP contribution in [-0.4, -0.2) is 34.2 Å². The Hall–Kier alpha value is -2.25. The number of hydrogen-bond acceptors (Lipinski definition) is 4. The molecule has 0 saturated carbocycles. The molecule has 0 aliphatic carbocycles. The van der Waals surface area contributed by atoms with Gasteiger partial charge < -0.3 is 10.1 Å². The van der Waals surface area contributed by atoms with Gasteiger partial charge in [-0.05, 0) is 79.6 Å². The summed E-state index contributed by atoms with van der Waals surface area (Å²) in [6, 6.07) is 9.09. The quantitative estimate of drug-likeness (QED) is 0.472. The molecular weight excluding hydrogens is 460 g/mol. The van der Waals surface area contributed by atoms with Gasteiger partial charge in [-0.2, -0.15) is 0 Å². The molecule has 0 aliphatic rings. The van der Waals surface area contributed by atoms with Gasteiger partial charge in [0.2, 0.25) is 15.9 Å². The number of rotatable bonds is 10. The Labute approximate surface area is 203 Å². The first-order chi connectivity index (χ1) is 15.4. The zero-order chi connectivity index (χ0) is 24.9. The molecule has 2 aromatic carbocycles. The Morgan fingerprint density at radius 1 is 1.15 bits per heavy atom. The van der Waals surface area contributed by atoms with Crippen molar-refractivity contribution >= 4 is 33.2 Å². The number of benzene rings is 2. The van der Waals surface area contributed by atoms with Crippen LogP contribution in [0.3, 0.4) is 0 Å². The van der Waals surface area contributed by atoms with Gasteiger partial charge in [-0.1, -0.05) is 31.5 Å². The highest BCUT2D eigenvalue weighted by atomic mass is 35.5. The molecule has 0 fully saturated rings. The topological polar surface area (TPSA) is 75.7 Å². The fourth-order valence-corrected chi connectivity index (χ4v) is 5.10. The summed E-state index contributed by atoms with van der Waals surface area (Å²) in [6.45, 7) is 10.1. The molecule has 0 bridgehead atoms. The smallest absolute Gasteiger partial charge is 0.232 e. The van der Waals surface area contributed by atoms with Gasteiger partial charge in [-0.15, -0.1) is 0 Å². The number of halogens is 1. The molecular formula is C25H35ClN2O4S. The van der Waals surface area contributed by atoms with Crippen molar-refractivity contribution < 1.29 is 17.9 Å². The number of nitrogens with one attached hydrogen (secondary N) is 1. The lowest BCUT2D eigenvalue weighted by molar-refractivity contribution is -0.121. The number of anilines is 1. The first-order valence-electron chi connectivity index (χ1n) is 11.1. The first-order valence-corrected chi connectivity index (χ1v) is 13.3. The van der Waals surface area contributed by atoms with Crippen LogP contribution < -0.4 is 14.4 Å². The zero-order valence-electron chi connectivity index (χ0n) is 20.5. The fraction of sp³-hybridized carbons (Fsp3) is 0.480. The maximum absolute atomic E-state index is 12.6. The molecule has 0 radical (unpaired) electrons. The number of nitrogens with zero attached hydrogens (tertiary/aromatic N) is 1. The average Bonchev–Trinajstić information content (AvgIpc) is 2.72. The molecule has 33 heavy (non-hydrogen) atoms. The Bertz CT molecular complexity index is 1100. The summed E-state index contributed by atoms with van der Waals surface area (Å²) in [4.78, 5) is 12.6. The van der Waals surface area contributed by atoms with Crippen LogP contribution in [0.2, 0.25) is 5.02 Å². The summed E-state index contributed by atoms with van der Waals surface area (Å²) in [7, 11) is -1.85. The summed E-state index contributed by atoms with van der Waals surface area (Å²) in [6.07, 6.45) is 1.76. The van der Waals surface area contributed by atoms with E-state index in [4.69, 9.17) is 16.3 Å². The third-order valence-electron chi connectivity index (χ3n) is 5.76. The SMILES string of the molecule is COc1cc(C)c([C@@H](C)NC(=O)CCCN(c2cccc(Cl)c2C)S(C)(=O)=O)cc1C(C)C. The van der Waals surface area contributed by atoms with Crippen LogP contribution in [0, 0.1) is 13.8 Å². The summed E-state index contributed by atoms with van der Waals surface area (Å²) in [5.74, 6) is 1.01. The van der Waals surface area contributed by atoms with Crippen molar-refractivity contribution in [3.8, 4) is 5.75 Å². The number of carbonyl (C=O) groups is 1. The minimum Gasteiger partial charge on any atom is -0.496 e. The van der Waals surface area contributed by atoms with E-state index in [0.29, 0.717) is 28.6 Å². The maximum Gasteiger partial charge on any atom is 0.232 e. The molecule has 1 amide bonds. The third-order valence-corrected chi connectivity index (χ3v) is 7.35. The highest BCUT2D eigenvalue weighted by molar-refractivity contribution is 7.92. The van der Waals surface area contributed by atoms with E-state index in [1.165, 1.54) is 4.31 Å². The van der Waals surface area contributed by atoms with Crippen LogP contribution >= 0.6 is 11.6 Å². The normalized spacial score (nSPS) is 12.5.